The van der Waals surface area contributed by atoms with E-state index in [0.717, 1.165) is 180 Å². The molecule has 142 heavy (non-hydrogen) atoms. The average molecular weight is 1960 g/mol. The number of hydrogen-bond acceptors (Lipinski definition) is 7. The highest BCUT2D eigenvalue weighted by Gasteiger charge is 2.81. The zero-order valence-electron chi connectivity index (χ0n) is 96.6. The largest absolute Gasteiger partial charge is 0.481 e. The van der Waals surface area contributed by atoms with Crippen LogP contribution in [0.5, 0.6) is 0 Å². The summed E-state index contributed by atoms with van der Waals surface area (Å²) >= 11 is 0. The van der Waals surface area contributed by atoms with Gasteiger partial charge < -0.3 is 29.2 Å². The van der Waals surface area contributed by atoms with Gasteiger partial charge in [-0.3, -0.25) is 9.59 Å². The van der Waals surface area contributed by atoms with Crippen LogP contribution >= 0.6 is 0 Å². The van der Waals surface area contributed by atoms with Gasteiger partial charge in [-0.05, 0) is 576 Å². The molecule has 0 amide bonds. The van der Waals surface area contributed by atoms with E-state index in [4.69, 9.17) is 24.1 Å². The Morgan fingerprint density at radius 2 is 0.648 bits per heavy atom. The monoisotopic (exact) mass is 1960 g/mol. The van der Waals surface area contributed by atoms with Gasteiger partial charge in [0.25, 0.3) is 0 Å². The highest BCUT2D eigenvalue weighted by molar-refractivity contribution is 5.69. The fraction of sp³-hybridized carbons (Fsp3) is 0.910. The quantitative estimate of drug-likeness (QED) is 0.0769. The number of carboxylic acids is 1. The van der Waals surface area contributed by atoms with E-state index < -0.39 is 5.97 Å². The molecule has 0 aromatic rings. The van der Waals surface area contributed by atoms with E-state index in [9.17, 15) is 14.7 Å². The van der Waals surface area contributed by atoms with Crippen molar-refractivity contribution in [3.8, 4) is 0 Å². The summed E-state index contributed by atoms with van der Waals surface area (Å²) in [5.41, 5.74) is 14.7. The lowest BCUT2D eigenvalue weighted by Crippen LogP contribution is -2.57. The number of allylic oxidation sites excluding steroid dienone is 9. The molecule has 0 saturated heterocycles. The van der Waals surface area contributed by atoms with Crippen LogP contribution in [0.3, 0.4) is 0 Å². The lowest BCUT2D eigenvalue weighted by atomic mass is 9.45. The second kappa shape index (κ2) is 40.4. The molecule has 2 N–H and O–H groups in total. The van der Waals surface area contributed by atoms with E-state index in [1.165, 1.54) is 306 Å². The third-order valence-corrected chi connectivity index (χ3v) is 55.1. The number of fused-ring (bicyclic) bond motifs is 22. The van der Waals surface area contributed by atoms with Crippen LogP contribution in [0.15, 0.2) is 58.2 Å². The summed E-state index contributed by atoms with van der Waals surface area (Å²) in [5.74, 6) is 25.0. The molecule has 802 valence electrons. The first kappa shape index (κ1) is 108. The Hall–Kier alpha value is -2.52. The third-order valence-electron chi connectivity index (χ3n) is 55.1. The summed E-state index contributed by atoms with van der Waals surface area (Å²) in [6.45, 7) is 54.9. The highest BCUT2D eigenvalue weighted by Crippen LogP contribution is 2.87. The Bertz CT molecular complexity index is 4490. The second-order valence-electron chi connectivity index (χ2n) is 60.6. The number of ether oxygens (including phenoxy) is 4. The van der Waals surface area contributed by atoms with Gasteiger partial charge in [-0.2, -0.15) is 0 Å². The molecule has 8 nitrogen and oxygen atoms in total. The Kier molecular flexibility index (Phi) is 30.7. The fourth-order valence-electron chi connectivity index (χ4n) is 47.8. The molecule has 23 aliphatic rings. The number of esters is 1. The van der Waals surface area contributed by atoms with E-state index >= 15 is 0 Å². The minimum absolute atomic E-state index is 0.0473. The van der Waals surface area contributed by atoms with Crippen molar-refractivity contribution in [2.24, 2.45) is 242 Å². The van der Waals surface area contributed by atoms with Gasteiger partial charge in [-0.1, -0.05) is 169 Å². The Morgan fingerprint density at radius 3 is 0.951 bits per heavy atom. The van der Waals surface area contributed by atoms with Crippen LogP contribution in [0.4, 0.5) is 0 Å². The maximum absolute atomic E-state index is 11.7. The molecule has 0 radical (unpaired) electrons. The minimum Gasteiger partial charge on any atom is -0.481 e. The highest BCUT2D eigenvalue weighted by atomic mass is 16.5. The van der Waals surface area contributed by atoms with Gasteiger partial charge in [0.05, 0.1) is 31.5 Å². The first-order valence-corrected chi connectivity index (χ1v) is 62.2. The average Bonchev–Trinajstić information content (AvgIpc) is 1.49. The molecule has 3 spiro atoms. The summed E-state index contributed by atoms with van der Waals surface area (Å²) in [5, 5.41) is 19.3. The van der Waals surface area contributed by atoms with Crippen molar-refractivity contribution in [2.45, 2.75) is 498 Å². The Labute approximate surface area is 871 Å². The van der Waals surface area contributed by atoms with Crippen LogP contribution in [0.25, 0.3) is 0 Å². The van der Waals surface area contributed by atoms with Crippen molar-refractivity contribution in [1.29, 1.82) is 0 Å². The molecule has 23 aliphatic carbocycles. The van der Waals surface area contributed by atoms with Gasteiger partial charge in [0, 0.05) is 50.4 Å². The third kappa shape index (κ3) is 17.5. The molecule has 0 aromatic heterocycles. The summed E-state index contributed by atoms with van der Waals surface area (Å²) in [6.07, 6.45) is 81.0. The molecule has 21 saturated carbocycles. The number of aliphatic carboxylic acids is 1. The van der Waals surface area contributed by atoms with Gasteiger partial charge in [-0.15, -0.1) is 0 Å². The zero-order valence-corrected chi connectivity index (χ0v) is 96.6. The molecule has 0 aromatic carbocycles. The van der Waals surface area contributed by atoms with Gasteiger partial charge in [0.2, 0.25) is 0 Å². The van der Waals surface area contributed by atoms with Crippen molar-refractivity contribution < 1.29 is 38.7 Å². The molecule has 0 bridgehead atoms. The Balaban J connectivity index is 0.000000113. The first-order valence-electron chi connectivity index (χ1n) is 62.2. The molecule has 21 fully saturated rings. The Morgan fingerprint density at radius 1 is 0.352 bits per heavy atom. The minimum atomic E-state index is -0.635. The number of carbonyl (C=O) groups excluding carboxylic acids is 1. The molecule has 0 aliphatic heterocycles. The molecule has 23 unspecified atom stereocenters. The molecule has 23 rings (SSSR count). The number of aliphatic hydroxyl groups excluding tert-OH is 1. The predicted octanol–water partition coefficient (Wildman–Crippen LogP) is 35.2. The van der Waals surface area contributed by atoms with Gasteiger partial charge >= 0.3 is 11.9 Å². The molecule has 46 atom stereocenters. The molecular weight excluding hydrogens is 1740 g/mol. The standard InChI is InChI=1S/C28H46O.C28H46.C27H44O.C26H42O3.C25H40O3/c1-18(2)8-7-9-19(3)22-10-11-23-21-16-25(29-6)28-17-20(28)12-15-27(28,5)24(21)13-14-26(22,23)4;1-19(2)8-7-9-21(4)24-12-13-25-23-11-10-22-18-20(3)14-16-27(22,5)26(23)15-17-28(24,25)6;1-18(2)7-6-8-19(3)23-11-12-24-22-10-9-20-17-21(28)13-15-26(20,4)25(22)14-16-27(23,24)5;1-16(6-9-23(27)29-5)19-7-8-20-18-14-22(28-4)26-15-17(26)10-13-25(26,3)21(18)11-12-24(19,20)2;1-15(5-8-22(26)27)18-6-7-19-17-13-21(28-4)25-14-16(25)9-12-24(25,3)20(17)10-11-23(18,19)2/h8,19-25H,7,9-17H2,1-6H3;8,10,20-21,23-26H,7,9,11-18H2,1-6H3;7,9,19,21-25,28H,6,8,10-17H2,1-5H3;16-22H,6-15H2,1-5H3;15-21H,5-14H2,1-4H3,(H,26,27)/t19-,20-,21?,22?,23?,24?,25-,26-,27-,28?;20-,21+,23?,24?,25?,26?,27-,28+;19-,21+,22?,23?,24?,25?,26+,27-;16-,17-,18?,19?,20?,21?,22-,24-,25-,26?;15-,16-,17?,18?,19?,20?,21-,23-,24-,25?/m10111/s1. The summed E-state index contributed by atoms with van der Waals surface area (Å²) in [7, 11) is 7.50. The number of rotatable bonds is 23. The fourth-order valence-corrected chi connectivity index (χ4v) is 47.8. The number of methoxy groups -OCH3 is 4. The van der Waals surface area contributed by atoms with Gasteiger partial charge in [0.15, 0.2) is 0 Å². The van der Waals surface area contributed by atoms with E-state index in [2.05, 4.69) is 183 Å². The molecule has 0 heterocycles. The molecular formula is C134H218O8. The van der Waals surface area contributed by atoms with Crippen LogP contribution < -0.4 is 0 Å². The summed E-state index contributed by atoms with van der Waals surface area (Å²) in [4.78, 5) is 22.8. The van der Waals surface area contributed by atoms with Crippen molar-refractivity contribution in [3.05, 3.63) is 58.2 Å². The second-order valence-corrected chi connectivity index (χ2v) is 60.6. The number of carbonyl (C=O) groups is 2. The van der Waals surface area contributed by atoms with E-state index in [0.29, 0.717) is 119 Å². The summed E-state index contributed by atoms with van der Waals surface area (Å²) in [6, 6.07) is 0. The van der Waals surface area contributed by atoms with Crippen molar-refractivity contribution in [2.75, 3.05) is 28.4 Å². The first-order chi connectivity index (χ1) is 67.4. The van der Waals surface area contributed by atoms with E-state index in [-0.39, 0.29) is 12.1 Å². The number of carboxylic acid groups (broad SMARTS) is 1. The zero-order chi connectivity index (χ0) is 101. The SMILES string of the molecule is CC(C)=CCC[C@@H](C)C1CCC2C3CC=C4C[C@@H](C)CC[C@]4(C)C3CC[C@@]21C.CC(C)=CCC[C@@H](C)C1CCC2C3CC=C4C[C@@H](O)CC[C@]4(C)C3CC[C@@]21C.COC(=O)CC[C@@H](C)C1CCC2C3C[C@@H](OC)C45C[C@H]4CC[C@]5(C)C3CC[C@@]21C.CO[C@@H]1CC2C3CCC([C@H](C)CCC(=O)O)[C@@]3(C)CCC2[C@@]2(C)CC[C@@H]3CC312.CO[C@@H]1CC2C3CCC([C@H](C)CCC=C(C)C)[C@@]3(C)CCC2[C@@]2(C)CC[C@@H]3CC312. The summed E-state index contributed by atoms with van der Waals surface area (Å²) < 4.78 is 23.7. The van der Waals surface area contributed by atoms with Crippen molar-refractivity contribution in [3.63, 3.8) is 0 Å². The topological polar surface area (TPSA) is 112 Å². The maximum Gasteiger partial charge on any atom is 0.305 e. The number of aliphatic hydroxyl groups is 1. The predicted molar refractivity (Wildman–Crippen MR) is 587 cm³/mol. The lowest BCUT2D eigenvalue weighted by Gasteiger charge is -2.61. The van der Waals surface area contributed by atoms with E-state index in [1.807, 2.05) is 26.9 Å². The van der Waals surface area contributed by atoms with Gasteiger partial charge in [-0.25, -0.2) is 0 Å². The van der Waals surface area contributed by atoms with Crippen LogP contribution in [-0.4, -0.2) is 75.0 Å². The lowest BCUT2D eigenvalue weighted by molar-refractivity contribution is -0.161. The van der Waals surface area contributed by atoms with E-state index in [1.54, 1.807) is 5.57 Å². The van der Waals surface area contributed by atoms with Crippen molar-refractivity contribution in [1.82, 2.24) is 0 Å². The van der Waals surface area contributed by atoms with Crippen LogP contribution in [0.1, 0.15) is 473 Å². The van der Waals surface area contributed by atoms with Crippen LogP contribution in [0, 0.1) is 242 Å². The maximum atomic E-state index is 11.7. The molecule has 8 heteroatoms. The van der Waals surface area contributed by atoms with Gasteiger partial charge in [0.1, 0.15) is 0 Å². The normalized spacial score (nSPS) is 50.8. The van der Waals surface area contributed by atoms with Crippen LogP contribution in [0.2, 0.25) is 0 Å². The smallest absolute Gasteiger partial charge is 0.305 e. The van der Waals surface area contributed by atoms with Crippen molar-refractivity contribution >= 4 is 11.9 Å². The van der Waals surface area contributed by atoms with Crippen LogP contribution in [-0.2, 0) is 28.5 Å². The number of hydrogen-bond donors (Lipinski definition) is 2.